The summed E-state index contributed by atoms with van der Waals surface area (Å²) < 4.78 is 5.45. The van der Waals surface area contributed by atoms with E-state index in [1.807, 2.05) is 14.1 Å². The van der Waals surface area contributed by atoms with E-state index < -0.39 is 0 Å². The van der Waals surface area contributed by atoms with Crippen LogP contribution < -0.4 is 11.1 Å². The lowest BCUT2D eigenvalue weighted by Gasteiger charge is -2.29. The predicted molar refractivity (Wildman–Crippen MR) is 76.9 cm³/mol. The van der Waals surface area contributed by atoms with Crippen molar-refractivity contribution < 1.29 is 9.53 Å². The lowest BCUT2D eigenvalue weighted by molar-refractivity contribution is -0.127. The third kappa shape index (κ3) is 6.36. The van der Waals surface area contributed by atoms with E-state index in [-0.39, 0.29) is 11.8 Å². The Bertz CT molecular complexity index is 259. The predicted octanol–water partition coefficient (Wildman–Crippen LogP) is 0.446. The fraction of sp³-hybridized carbons (Fsp3) is 0.929. The highest BCUT2D eigenvalue weighted by Gasteiger charge is 2.29. The molecule has 0 spiro atoms. The van der Waals surface area contributed by atoms with Gasteiger partial charge in [0, 0.05) is 19.0 Å². The molecule has 0 aromatic rings. The van der Waals surface area contributed by atoms with Crippen LogP contribution in [-0.2, 0) is 9.53 Å². The maximum absolute atomic E-state index is 12.1. The van der Waals surface area contributed by atoms with Gasteiger partial charge in [-0.3, -0.25) is 4.79 Å². The minimum absolute atomic E-state index is 0.112. The van der Waals surface area contributed by atoms with Crippen molar-refractivity contribution in [1.29, 1.82) is 0 Å². The first-order valence-electron chi connectivity index (χ1n) is 7.35. The van der Waals surface area contributed by atoms with E-state index in [1.165, 1.54) is 6.42 Å². The number of rotatable bonds is 8. The third-order valence-corrected chi connectivity index (χ3v) is 3.78. The molecule has 0 aliphatic heterocycles. The molecule has 0 saturated heterocycles. The monoisotopic (exact) mass is 271 g/mol. The van der Waals surface area contributed by atoms with E-state index in [1.54, 1.807) is 0 Å². The lowest BCUT2D eigenvalue weighted by Crippen LogP contribution is -2.40. The molecule has 1 aliphatic carbocycles. The molecule has 1 rings (SSSR count). The van der Waals surface area contributed by atoms with Crippen LogP contribution in [0.25, 0.3) is 0 Å². The number of hydrogen-bond acceptors (Lipinski definition) is 4. The molecule has 1 fully saturated rings. The lowest BCUT2D eigenvalue weighted by atomic mass is 9.79. The van der Waals surface area contributed by atoms with E-state index in [9.17, 15) is 4.79 Å². The Labute approximate surface area is 116 Å². The van der Waals surface area contributed by atoms with Crippen molar-refractivity contribution >= 4 is 5.91 Å². The van der Waals surface area contributed by atoms with Gasteiger partial charge in [-0.25, -0.2) is 0 Å². The number of nitrogens with one attached hydrogen (secondary N) is 1. The zero-order chi connectivity index (χ0) is 14.1. The van der Waals surface area contributed by atoms with Crippen LogP contribution in [0, 0.1) is 11.8 Å². The Morgan fingerprint density at radius 1 is 1.32 bits per heavy atom. The minimum atomic E-state index is 0.112. The van der Waals surface area contributed by atoms with E-state index in [0.717, 1.165) is 25.8 Å². The molecule has 1 amide bonds. The standard InChI is InChI=1S/C14H29N3O2/c1-17(2)8-10-19-9-7-16-14(18)13-6-4-3-5-12(13)11-15/h12-13H,3-11,15H2,1-2H3,(H,16,18). The van der Waals surface area contributed by atoms with Crippen LogP contribution in [0.5, 0.6) is 0 Å². The second kappa shape index (κ2) is 9.28. The molecule has 5 nitrogen and oxygen atoms in total. The van der Waals surface area contributed by atoms with Gasteiger partial charge in [-0.05, 0) is 39.4 Å². The summed E-state index contributed by atoms with van der Waals surface area (Å²) in [5.74, 6) is 0.635. The number of nitrogens with two attached hydrogens (primary N) is 1. The number of ether oxygens (including phenoxy) is 1. The summed E-state index contributed by atoms with van der Waals surface area (Å²) in [5, 5.41) is 2.97. The first-order chi connectivity index (χ1) is 9.15. The van der Waals surface area contributed by atoms with Gasteiger partial charge in [0.25, 0.3) is 0 Å². The maximum atomic E-state index is 12.1. The van der Waals surface area contributed by atoms with E-state index in [2.05, 4.69) is 10.2 Å². The van der Waals surface area contributed by atoms with Gasteiger partial charge < -0.3 is 20.7 Å². The smallest absolute Gasteiger partial charge is 0.223 e. The van der Waals surface area contributed by atoms with E-state index in [4.69, 9.17) is 10.5 Å². The Balaban J connectivity index is 2.12. The quantitative estimate of drug-likeness (QED) is 0.629. The van der Waals surface area contributed by atoms with Gasteiger partial charge in [-0.2, -0.15) is 0 Å². The Morgan fingerprint density at radius 3 is 2.74 bits per heavy atom. The maximum Gasteiger partial charge on any atom is 0.223 e. The molecule has 0 aromatic heterocycles. The summed E-state index contributed by atoms with van der Waals surface area (Å²) >= 11 is 0. The van der Waals surface area contributed by atoms with Crippen molar-refractivity contribution in [3.63, 3.8) is 0 Å². The minimum Gasteiger partial charge on any atom is -0.378 e. The molecule has 0 radical (unpaired) electrons. The SMILES string of the molecule is CN(C)CCOCCNC(=O)C1CCCCC1CN. The van der Waals surface area contributed by atoms with Crippen molar-refractivity contribution in [1.82, 2.24) is 10.2 Å². The number of carbonyl (C=O) groups excluding carboxylic acids is 1. The molecule has 1 saturated carbocycles. The van der Waals surface area contributed by atoms with Crippen LogP contribution in [-0.4, -0.2) is 57.8 Å². The molecule has 2 atom stereocenters. The summed E-state index contributed by atoms with van der Waals surface area (Å²) in [6.07, 6.45) is 4.43. The van der Waals surface area contributed by atoms with Crippen molar-refractivity contribution in [3.8, 4) is 0 Å². The number of hydrogen-bond donors (Lipinski definition) is 2. The van der Waals surface area contributed by atoms with Crippen LogP contribution in [0.2, 0.25) is 0 Å². The van der Waals surface area contributed by atoms with Crippen molar-refractivity contribution in [2.75, 3.05) is 46.9 Å². The average Bonchev–Trinajstić information content (AvgIpc) is 2.42. The molecule has 5 heteroatoms. The Kier molecular flexibility index (Phi) is 8.02. The van der Waals surface area contributed by atoms with E-state index in [0.29, 0.717) is 32.2 Å². The van der Waals surface area contributed by atoms with Crippen LogP contribution in [0.3, 0.4) is 0 Å². The first-order valence-corrected chi connectivity index (χ1v) is 7.35. The number of likely N-dealkylation sites (N-methyl/N-ethyl adjacent to an activating group) is 1. The second-order valence-electron chi connectivity index (χ2n) is 5.59. The molecular formula is C14H29N3O2. The molecule has 112 valence electrons. The number of carbonyl (C=O) groups is 1. The molecule has 19 heavy (non-hydrogen) atoms. The van der Waals surface area contributed by atoms with Crippen molar-refractivity contribution in [2.24, 2.45) is 17.6 Å². The molecule has 1 aliphatic rings. The molecule has 0 aromatic carbocycles. The Morgan fingerprint density at radius 2 is 2.05 bits per heavy atom. The summed E-state index contributed by atoms with van der Waals surface area (Å²) in [7, 11) is 4.03. The van der Waals surface area contributed by atoms with Gasteiger partial charge in [0.1, 0.15) is 0 Å². The first kappa shape index (κ1) is 16.4. The summed E-state index contributed by atoms with van der Waals surface area (Å²) in [6, 6.07) is 0. The third-order valence-electron chi connectivity index (χ3n) is 3.78. The van der Waals surface area contributed by atoms with Gasteiger partial charge in [0.2, 0.25) is 5.91 Å². The topological polar surface area (TPSA) is 67.6 Å². The van der Waals surface area contributed by atoms with Crippen LogP contribution in [0.4, 0.5) is 0 Å². The van der Waals surface area contributed by atoms with Crippen LogP contribution >= 0.6 is 0 Å². The highest BCUT2D eigenvalue weighted by Crippen LogP contribution is 2.29. The summed E-state index contributed by atoms with van der Waals surface area (Å²) in [6.45, 7) is 3.42. The molecule has 0 bridgehead atoms. The van der Waals surface area contributed by atoms with E-state index >= 15 is 0 Å². The van der Waals surface area contributed by atoms with Gasteiger partial charge in [-0.1, -0.05) is 12.8 Å². The summed E-state index contributed by atoms with van der Waals surface area (Å²) in [5.41, 5.74) is 5.74. The second-order valence-corrected chi connectivity index (χ2v) is 5.59. The van der Waals surface area contributed by atoms with Gasteiger partial charge >= 0.3 is 0 Å². The largest absolute Gasteiger partial charge is 0.378 e. The zero-order valence-electron chi connectivity index (χ0n) is 12.4. The average molecular weight is 271 g/mol. The van der Waals surface area contributed by atoms with Gasteiger partial charge in [-0.15, -0.1) is 0 Å². The van der Waals surface area contributed by atoms with Gasteiger partial charge in [0.15, 0.2) is 0 Å². The number of amides is 1. The fourth-order valence-corrected chi connectivity index (χ4v) is 2.56. The molecule has 3 N–H and O–H groups in total. The fourth-order valence-electron chi connectivity index (χ4n) is 2.56. The highest BCUT2D eigenvalue weighted by atomic mass is 16.5. The highest BCUT2D eigenvalue weighted by molar-refractivity contribution is 5.79. The van der Waals surface area contributed by atoms with Crippen molar-refractivity contribution in [2.45, 2.75) is 25.7 Å². The molecular weight excluding hydrogens is 242 g/mol. The van der Waals surface area contributed by atoms with Gasteiger partial charge in [0.05, 0.1) is 13.2 Å². The molecule has 0 heterocycles. The normalized spacial score (nSPS) is 23.6. The number of nitrogens with zero attached hydrogens (tertiary/aromatic N) is 1. The Hall–Kier alpha value is -0.650. The summed E-state index contributed by atoms with van der Waals surface area (Å²) in [4.78, 5) is 14.2. The van der Waals surface area contributed by atoms with Crippen molar-refractivity contribution in [3.05, 3.63) is 0 Å². The zero-order valence-corrected chi connectivity index (χ0v) is 12.4. The van der Waals surface area contributed by atoms with Crippen LogP contribution in [0.1, 0.15) is 25.7 Å². The molecule has 2 unspecified atom stereocenters. The van der Waals surface area contributed by atoms with Crippen LogP contribution in [0.15, 0.2) is 0 Å².